The Morgan fingerprint density at radius 1 is 1.50 bits per heavy atom. The Morgan fingerprint density at radius 2 is 2.08 bits per heavy atom. The van der Waals surface area contributed by atoms with Gasteiger partial charge in [0.25, 0.3) is 0 Å². The standard InChI is InChI=1S/C6H7FO4S/c7-5(6(8)9)4-1-2-12(10,11)3-4/h1-3H2,(H,8,9). The highest BCUT2D eigenvalue weighted by atomic mass is 32.2. The van der Waals surface area contributed by atoms with Gasteiger partial charge in [-0.05, 0) is 12.0 Å². The van der Waals surface area contributed by atoms with Gasteiger partial charge in [0.2, 0.25) is 5.83 Å². The summed E-state index contributed by atoms with van der Waals surface area (Å²) < 4.78 is 34.1. The molecule has 0 spiro atoms. The highest BCUT2D eigenvalue weighted by Gasteiger charge is 2.27. The minimum atomic E-state index is -3.24. The number of carboxylic acid groups (broad SMARTS) is 1. The number of halogens is 1. The van der Waals surface area contributed by atoms with Crippen LogP contribution in [0.25, 0.3) is 0 Å². The molecule has 1 fully saturated rings. The van der Waals surface area contributed by atoms with Crippen LogP contribution in [0.4, 0.5) is 4.39 Å². The van der Waals surface area contributed by atoms with E-state index in [-0.39, 0.29) is 17.7 Å². The van der Waals surface area contributed by atoms with Crippen molar-refractivity contribution in [3.63, 3.8) is 0 Å². The zero-order valence-corrected chi connectivity index (χ0v) is 6.90. The average Bonchev–Trinajstić information content (AvgIpc) is 2.28. The smallest absolute Gasteiger partial charge is 0.364 e. The van der Waals surface area contributed by atoms with Gasteiger partial charge in [0.15, 0.2) is 9.84 Å². The van der Waals surface area contributed by atoms with E-state index in [1.165, 1.54) is 0 Å². The van der Waals surface area contributed by atoms with Crippen molar-refractivity contribution in [3.8, 4) is 0 Å². The summed E-state index contributed by atoms with van der Waals surface area (Å²) in [5.74, 6) is -3.62. The molecular weight excluding hydrogens is 187 g/mol. The van der Waals surface area contributed by atoms with Crippen LogP contribution in [0.5, 0.6) is 0 Å². The molecule has 1 rings (SSSR count). The molecule has 4 nitrogen and oxygen atoms in total. The molecule has 12 heavy (non-hydrogen) atoms. The predicted molar refractivity (Wildman–Crippen MR) is 39.0 cm³/mol. The van der Waals surface area contributed by atoms with Gasteiger partial charge in [-0.15, -0.1) is 0 Å². The molecule has 0 bridgehead atoms. The van der Waals surface area contributed by atoms with Gasteiger partial charge in [0.05, 0.1) is 11.5 Å². The fourth-order valence-corrected chi connectivity index (χ4v) is 2.52. The molecule has 0 unspecified atom stereocenters. The molecule has 1 aliphatic heterocycles. The molecule has 0 aromatic rings. The van der Waals surface area contributed by atoms with Gasteiger partial charge in [-0.2, -0.15) is 4.39 Å². The lowest BCUT2D eigenvalue weighted by molar-refractivity contribution is -0.134. The van der Waals surface area contributed by atoms with E-state index in [9.17, 15) is 17.6 Å². The molecule has 6 heteroatoms. The molecule has 0 aromatic heterocycles. The van der Waals surface area contributed by atoms with Gasteiger partial charge in [-0.25, -0.2) is 13.2 Å². The zero-order chi connectivity index (χ0) is 9.35. The summed E-state index contributed by atoms with van der Waals surface area (Å²) in [6, 6.07) is 0. The van der Waals surface area contributed by atoms with Crippen LogP contribution < -0.4 is 0 Å². The van der Waals surface area contributed by atoms with Gasteiger partial charge < -0.3 is 5.11 Å². The summed E-state index contributed by atoms with van der Waals surface area (Å²) in [5, 5.41) is 8.18. The van der Waals surface area contributed by atoms with Crippen molar-refractivity contribution in [3.05, 3.63) is 11.4 Å². The fourth-order valence-electron chi connectivity index (χ4n) is 1.01. The first-order valence-electron chi connectivity index (χ1n) is 3.23. The second kappa shape index (κ2) is 2.85. The van der Waals surface area contributed by atoms with Crippen LogP contribution in [0, 0.1) is 0 Å². The summed E-state index contributed by atoms with van der Waals surface area (Å²) in [6.45, 7) is 0. The Hall–Kier alpha value is -0.910. The Bertz CT molecular complexity index is 341. The SMILES string of the molecule is O=C(O)C(F)=C1CCS(=O)(=O)C1. The molecular formula is C6H7FO4S. The molecule has 0 aromatic carbocycles. The summed E-state index contributed by atoms with van der Waals surface area (Å²) in [7, 11) is -3.24. The molecule has 0 atom stereocenters. The number of hydrogen-bond donors (Lipinski definition) is 1. The summed E-state index contributed by atoms with van der Waals surface area (Å²) in [6.07, 6.45) is 0.000463. The van der Waals surface area contributed by atoms with Crippen molar-refractivity contribution in [1.29, 1.82) is 0 Å². The van der Waals surface area contributed by atoms with Crippen molar-refractivity contribution in [1.82, 2.24) is 0 Å². The highest BCUT2D eigenvalue weighted by Crippen LogP contribution is 2.21. The van der Waals surface area contributed by atoms with Crippen molar-refractivity contribution in [2.24, 2.45) is 0 Å². The van der Waals surface area contributed by atoms with Gasteiger partial charge in [-0.3, -0.25) is 0 Å². The fraction of sp³-hybridized carbons (Fsp3) is 0.500. The second-order valence-corrected chi connectivity index (χ2v) is 4.75. The van der Waals surface area contributed by atoms with Crippen molar-refractivity contribution >= 4 is 15.8 Å². The average molecular weight is 194 g/mol. The second-order valence-electron chi connectivity index (χ2n) is 2.56. The normalized spacial score (nSPS) is 25.4. The first-order valence-corrected chi connectivity index (χ1v) is 5.06. The van der Waals surface area contributed by atoms with E-state index in [0.29, 0.717) is 0 Å². The van der Waals surface area contributed by atoms with Gasteiger partial charge in [0, 0.05) is 0 Å². The molecule has 0 aliphatic carbocycles. The van der Waals surface area contributed by atoms with E-state index in [4.69, 9.17) is 5.11 Å². The van der Waals surface area contributed by atoms with E-state index >= 15 is 0 Å². The minimum absolute atomic E-state index is 0.000463. The van der Waals surface area contributed by atoms with Crippen LogP contribution in [0.15, 0.2) is 11.4 Å². The van der Waals surface area contributed by atoms with Crippen LogP contribution in [0.2, 0.25) is 0 Å². The summed E-state index contributed by atoms with van der Waals surface area (Å²) in [4.78, 5) is 10.1. The lowest BCUT2D eigenvalue weighted by Gasteiger charge is -1.92. The molecule has 0 radical (unpaired) electrons. The van der Waals surface area contributed by atoms with Gasteiger partial charge in [0.1, 0.15) is 0 Å². The van der Waals surface area contributed by atoms with Crippen LogP contribution in [0.3, 0.4) is 0 Å². The zero-order valence-electron chi connectivity index (χ0n) is 6.08. The van der Waals surface area contributed by atoms with E-state index < -0.39 is 27.4 Å². The molecule has 0 amide bonds. The Balaban J connectivity index is 2.96. The number of carboxylic acids is 1. The maximum Gasteiger partial charge on any atom is 0.364 e. The largest absolute Gasteiger partial charge is 0.476 e. The maximum absolute atomic E-state index is 12.6. The topological polar surface area (TPSA) is 71.4 Å². The van der Waals surface area contributed by atoms with Crippen molar-refractivity contribution in [2.75, 3.05) is 11.5 Å². The third-order valence-corrected chi connectivity index (χ3v) is 3.22. The number of aliphatic carboxylic acids is 1. The maximum atomic E-state index is 12.6. The lowest BCUT2D eigenvalue weighted by atomic mass is 10.2. The van der Waals surface area contributed by atoms with E-state index in [1.807, 2.05) is 0 Å². The molecule has 0 saturated carbocycles. The van der Waals surface area contributed by atoms with E-state index in [2.05, 4.69) is 0 Å². The first-order chi connectivity index (χ1) is 5.42. The number of carbonyl (C=O) groups is 1. The van der Waals surface area contributed by atoms with E-state index in [1.54, 1.807) is 0 Å². The first kappa shape index (κ1) is 9.18. The monoisotopic (exact) mass is 194 g/mol. The summed E-state index contributed by atoms with van der Waals surface area (Å²) >= 11 is 0. The Labute approximate surface area is 68.6 Å². The Morgan fingerprint density at radius 3 is 2.42 bits per heavy atom. The van der Waals surface area contributed by atoms with Crippen LogP contribution >= 0.6 is 0 Å². The molecule has 1 aliphatic rings. The van der Waals surface area contributed by atoms with Crippen molar-refractivity contribution in [2.45, 2.75) is 6.42 Å². The summed E-state index contributed by atoms with van der Waals surface area (Å²) in [5.41, 5.74) is -0.123. The molecule has 1 heterocycles. The van der Waals surface area contributed by atoms with E-state index in [0.717, 1.165) is 0 Å². The molecule has 68 valence electrons. The van der Waals surface area contributed by atoms with Crippen LogP contribution in [-0.4, -0.2) is 31.0 Å². The van der Waals surface area contributed by atoms with Gasteiger partial charge in [-0.1, -0.05) is 0 Å². The highest BCUT2D eigenvalue weighted by molar-refractivity contribution is 7.91. The molecule has 1 N–H and O–H groups in total. The number of rotatable bonds is 1. The predicted octanol–water partition coefficient (Wildman–Crippen LogP) is 0.113. The van der Waals surface area contributed by atoms with Crippen molar-refractivity contribution < 1.29 is 22.7 Å². The number of hydrogen-bond acceptors (Lipinski definition) is 3. The van der Waals surface area contributed by atoms with Crippen LogP contribution in [-0.2, 0) is 14.6 Å². The lowest BCUT2D eigenvalue weighted by Crippen LogP contribution is -2.03. The molecule has 1 saturated heterocycles. The Kier molecular flexibility index (Phi) is 2.18. The number of sulfone groups is 1. The third kappa shape index (κ3) is 1.82. The van der Waals surface area contributed by atoms with Gasteiger partial charge >= 0.3 is 5.97 Å². The quantitative estimate of drug-likeness (QED) is 0.601. The minimum Gasteiger partial charge on any atom is -0.476 e. The van der Waals surface area contributed by atoms with Crippen LogP contribution in [0.1, 0.15) is 6.42 Å². The third-order valence-electron chi connectivity index (χ3n) is 1.61.